The van der Waals surface area contributed by atoms with Crippen molar-refractivity contribution in [1.82, 2.24) is 0 Å². The molecule has 1 heterocycles. The molecule has 0 amide bonds. The van der Waals surface area contributed by atoms with E-state index in [-0.39, 0.29) is 18.2 Å². The largest absolute Gasteiger partial charge is 0.466 e. The van der Waals surface area contributed by atoms with E-state index in [4.69, 9.17) is 4.74 Å². The predicted octanol–water partition coefficient (Wildman–Crippen LogP) is 0.400. The lowest BCUT2D eigenvalue weighted by atomic mass is 9.88. The van der Waals surface area contributed by atoms with Crippen molar-refractivity contribution in [2.75, 3.05) is 13.7 Å². The Labute approximate surface area is 82.5 Å². The second-order valence-electron chi connectivity index (χ2n) is 3.72. The molecule has 0 spiro atoms. The van der Waals surface area contributed by atoms with Crippen LogP contribution in [-0.2, 0) is 14.3 Å². The molecule has 1 aliphatic carbocycles. The van der Waals surface area contributed by atoms with Crippen LogP contribution in [0.2, 0.25) is 0 Å². The van der Waals surface area contributed by atoms with E-state index in [2.05, 4.69) is 4.74 Å². The lowest BCUT2D eigenvalue weighted by Crippen LogP contribution is -2.25. The molecule has 78 valence electrons. The first-order valence-electron chi connectivity index (χ1n) is 4.82. The molecule has 0 saturated heterocycles. The van der Waals surface area contributed by atoms with Crippen molar-refractivity contribution in [3.05, 3.63) is 11.1 Å². The molecule has 14 heavy (non-hydrogen) atoms. The van der Waals surface area contributed by atoms with Crippen LogP contribution in [0.5, 0.6) is 0 Å². The molecular formula is C10H14O4. The van der Waals surface area contributed by atoms with Crippen LogP contribution in [0.4, 0.5) is 0 Å². The maximum absolute atomic E-state index is 11.3. The number of esters is 1. The van der Waals surface area contributed by atoms with E-state index in [1.165, 1.54) is 7.11 Å². The SMILES string of the molecule is COC(=O)C1=C2CC[C@H](O)C[C@@H]2OC1. The van der Waals surface area contributed by atoms with E-state index in [0.29, 0.717) is 18.6 Å². The Balaban J connectivity index is 2.18. The average Bonchev–Trinajstić information content (AvgIpc) is 2.59. The normalized spacial score (nSPS) is 31.6. The molecule has 2 atom stereocenters. The predicted molar refractivity (Wildman–Crippen MR) is 48.6 cm³/mol. The van der Waals surface area contributed by atoms with Crippen molar-refractivity contribution in [1.29, 1.82) is 0 Å². The molecule has 0 radical (unpaired) electrons. The number of carbonyl (C=O) groups is 1. The van der Waals surface area contributed by atoms with E-state index in [0.717, 1.165) is 18.4 Å². The zero-order valence-corrected chi connectivity index (χ0v) is 8.16. The van der Waals surface area contributed by atoms with Gasteiger partial charge in [-0.3, -0.25) is 0 Å². The van der Waals surface area contributed by atoms with Crippen molar-refractivity contribution in [3.63, 3.8) is 0 Å². The van der Waals surface area contributed by atoms with Gasteiger partial charge in [0, 0.05) is 6.42 Å². The van der Waals surface area contributed by atoms with Gasteiger partial charge in [-0.05, 0) is 18.4 Å². The molecular weight excluding hydrogens is 184 g/mol. The molecule has 0 aromatic heterocycles. The number of methoxy groups -OCH3 is 1. The molecule has 1 saturated carbocycles. The van der Waals surface area contributed by atoms with Gasteiger partial charge in [0.2, 0.25) is 0 Å². The van der Waals surface area contributed by atoms with Gasteiger partial charge in [0.05, 0.1) is 31.5 Å². The maximum atomic E-state index is 11.3. The van der Waals surface area contributed by atoms with E-state index >= 15 is 0 Å². The second kappa shape index (κ2) is 3.71. The summed E-state index contributed by atoms with van der Waals surface area (Å²) in [5.41, 5.74) is 1.69. The first-order chi connectivity index (χ1) is 6.72. The summed E-state index contributed by atoms with van der Waals surface area (Å²) in [7, 11) is 1.38. The Morgan fingerprint density at radius 1 is 1.64 bits per heavy atom. The smallest absolute Gasteiger partial charge is 0.336 e. The fourth-order valence-electron chi connectivity index (χ4n) is 2.09. The fourth-order valence-corrected chi connectivity index (χ4v) is 2.09. The Kier molecular flexibility index (Phi) is 2.56. The van der Waals surface area contributed by atoms with E-state index < -0.39 is 0 Å². The molecule has 2 rings (SSSR count). The molecule has 1 N–H and O–H groups in total. The summed E-state index contributed by atoms with van der Waals surface area (Å²) >= 11 is 0. The topological polar surface area (TPSA) is 55.8 Å². The summed E-state index contributed by atoms with van der Waals surface area (Å²) in [6.07, 6.45) is 1.72. The van der Waals surface area contributed by atoms with Crippen molar-refractivity contribution >= 4 is 5.97 Å². The molecule has 0 aromatic rings. The Morgan fingerprint density at radius 3 is 3.14 bits per heavy atom. The van der Waals surface area contributed by atoms with Gasteiger partial charge in [-0.25, -0.2) is 4.79 Å². The van der Waals surface area contributed by atoms with Gasteiger partial charge in [-0.2, -0.15) is 0 Å². The summed E-state index contributed by atoms with van der Waals surface area (Å²) in [6.45, 7) is 0.333. The highest BCUT2D eigenvalue weighted by Gasteiger charge is 2.35. The van der Waals surface area contributed by atoms with E-state index in [9.17, 15) is 9.90 Å². The van der Waals surface area contributed by atoms with Crippen molar-refractivity contribution in [3.8, 4) is 0 Å². The summed E-state index contributed by atoms with van der Waals surface area (Å²) in [4.78, 5) is 11.3. The zero-order valence-electron chi connectivity index (χ0n) is 8.16. The highest BCUT2D eigenvalue weighted by atomic mass is 16.5. The number of ether oxygens (including phenoxy) is 2. The van der Waals surface area contributed by atoms with E-state index in [1.807, 2.05) is 0 Å². The van der Waals surface area contributed by atoms with Gasteiger partial charge in [-0.1, -0.05) is 0 Å². The lowest BCUT2D eigenvalue weighted by molar-refractivity contribution is -0.136. The first kappa shape index (κ1) is 9.68. The molecule has 4 nitrogen and oxygen atoms in total. The zero-order chi connectivity index (χ0) is 10.1. The summed E-state index contributed by atoms with van der Waals surface area (Å²) in [6, 6.07) is 0. The summed E-state index contributed by atoms with van der Waals surface area (Å²) in [5.74, 6) is -0.293. The minimum atomic E-state index is -0.293. The van der Waals surface area contributed by atoms with Crippen molar-refractivity contribution in [2.24, 2.45) is 0 Å². The Bertz CT molecular complexity index is 282. The summed E-state index contributed by atoms with van der Waals surface area (Å²) < 4.78 is 10.1. The number of aliphatic hydroxyl groups excluding tert-OH is 1. The molecule has 2 aliphatic rings. The highest BCUT2D eigenvalue weighted by Crippen LogP contribution is 2.34. The molecule has 0 unspecified atom stereocenters. The third-order valence-electron chi connectivity index (χ3n) is 2.87. The third-order valence-corrected chi connectivity index (χ3v) is 2.87. The highest BCUT2D eigenvalue weighted by molar-refractivity contribution is 5.90. The number of hydrogen-bond acceptors (Lipinski definition) is 4. The lowest BCUT2D eigenvalue weighted by Gasteiger charge is -2.24. The van der Waals surface area contributed by atoms with Crippen LogP contribution in [0.3, 0.4) is 0 Å². The van der Waals surface area contributed by atoms with Crippen LogP contribution in [-0.4, -0.2) is 37.0 Å². The van der Waals surface area contributed by atoms with Crippen molar-refractivity contribution < 1.29 is 19.4 Å². The van der Waals surface area contributed by atoms with Gasteiger partial charge in [-0.15, -0.1) is 0 Å². The first-order valence-corrected chi connectivity index (χ1v) is 4.82. The van der Waals surface area contributed by atoms with Gasteiger partial charge >= 0.3 is 5.97 Å². The van der Waals surface area contributed by atoms with Gasteiger partial charge in [0.1, 0.15) is 0 Å². The minimum Gasteiger partial charge on any atom is -0.466 e. The van der Waals surface area contributed by atoms with Crippen LogP contribution in [0.15, 0.2) is 11.1 Å². The van der Waals surface area contributed by atoms with Gasteiger partial charge in [0.25, 0.3) is 0 Å². The third kappa shape index (κ3) is 1.55. The van der Waals surface area contributed by atoms with Crippen LogP contribution >= 0.6 is 0 Å². The second-order valence-corrected chi connectivity index (χ2v) is 3.72. The molecule has 1 aliphatic heterocycles. The molecule has 0 bridgehead atoms. The number of fused-ring (bicyclic) bond motifs is 1. The van der Waals surface area contributed by atoms with Gasteiger partial charge < -0.3 is 14.6 Å². The Hall–Kier alpha value is -0.870. The van der Waals surface area contributed by atoms with Crippen LogP contribution < -0.4 is 0 Å². The molecule has 4 heteroatoms. The average molecular weight is 198 g/mol. The quantitative estimate of drug-likeness (QED) is 0.620. The number of hydrogen-bond donors (Lipinski definition) is 1. The fraction of sp³-hybridized carbons (Fsp3) is 0.700. The summed E-state index contributed by atoms with van der Waals surface area (Å²) in [5, 5.41) is 9.42. The van der Waals surface area contributed by atoms with E-state index in [1.54, 1.807) is 0 Å². The monoisotopic (exact) mass is 198 g/mol. The Morgan fingerprint density at radius 2 is 2.43 bits per heavy atom. The van der Waals surface area contributed by atoms with Crippen molar-refractivity contribution in [2.45, 2.75) is 31.5 Å². The van der Waals surface area contributed by atoms with Crippen LogP contribution in [0.25, 0.3) is 0 Å². The molecule has 0 aromatic carbocycles. The maximum Gasteiger partial charge on any atom is 0.336 e. The minimum absolute atomic E-state index is 0.0622. The van der Waals surface area contributed by atoms with Crippen LogP contribution in [0.1, 0.15) is 19.3 Å². The molecule has 1 fully saturated rings. The number of aliphatic hydroxyl groups is 1. The standard InChI is InChI=1S/C10H14O4/c1-13-10(12)8-5-14-9-4-6(11)2-3-7(8)9/h6,9,11H,2-5H2,1H3/t6-,9-/m0/s1. The number of rotatable bonds is 1. The number of carbonyl (C=O) groups excluding carboxylic acids is 1. The van der Waals surface area contributed by atoms with Gasteiger partial charge in [0.15, 0.2) is 0 Å². The van der Waals surface area contributed by atoms with Crippen LogP contribution in [0, 0.1) is 0 Å².